The first kappa shape index (κ1) is 60.4. The summed E-state index contributed by atoms with van der Waals surface area (Å²) in [6.07, 6.45) is 17.0. The molecule has 0 spiro atoms. The van der Waals surface area contributed by atoms with E-state index < -0.39 is 23.7 Å². The van der Waals surface area contributed by atoms with Gasteiger partial charge in [0.2, 0.25) is 5.88 Å². The van der Waals surface area contributed by atoms with Crippen LogP contribution in [-0.2, 0) is 44.5 Å². The van der Waals surface area contributed by atoms with E-state index in [4.69, 9.17) is 28.1 Å². The molecule has 1 aromatic heterocycles. The summed E-state index contributed by atoms with van der Waals surface area (Å²) >= 11 is 0. The number of furan rings is 1. The Labute approximate surface area is 473 Å². The zero-order valence-corrected chi connectivity index (χ0v) is 46.7. The van der Waals surface area contributed by atoms with Crippen LogP contribution in [0.2, 0.25) is 0 Å². The third-order valence-corrected chi connectivity index (χ3v) is 16.6. The van der Waals surface area contributed by atoms with Crippen molar-refractivity contribution in [1.29, 1.82) is 0 Å². The van der Waals surface area contributed by atoms with Crippen molar-refractivity contribution in [3.05, 3.63) is 114 Å². The summed E-state index contributed by atoms with van der Waals surface area (Å²) in [5, 5.41) is 9.26. The van der Waals surface area contributed by atoms with Crippen LogP contribution in [0.1, 0.15) is 140 Å². The summed E-state index contributed by atoms with van der Waals surface area (Å²) in [7, 11) is 0. The minimum absolute atomic E-state index is 0.0193. The Morgan fingerprint density at radius 2 is 1.22 bits per heavy atom. The van der Waals surface area contributed by atoms with Gasteiger partial charge < -0.3 is 38.2 Å². The number of hydrogen-bond acceptors (Lipinski definition) is 14. The Balaban J connectivity index is 0.843. The number of benzene rings is 3. The molecule has 436 valence electrons. The standard InChI is InChI=1S/C64H78F3N3O11/c1-5-6-43-7-9-44(10-8-43)40-69-70-58-32-29-54(79-58)33-34-68-59-56-30-28-55(80-62(73)49-15-11-45(12-16-49)47-21-26-53(27-22-47)76-36-38-78-61(72)42(4)64(65,66)67)39-51(56)23-31-57(59)81-63(74)50-17-13-46(14-18-50)48-19-24-52(25-20-48)75-35-37-77-60(71)41(2)3/h7-10,23,28-34,39-40,45-50,52-53,68,70H,2,4-6,11-22,24-27,35-38H2,1,3H3/b34-33+,69-40+. The summed E-state index contributed by atoms with van der Waals surface area (Å²) in [6.45, 7) is 10.5. The van der Waals surface area contributed by atoms with Gasteiger partial charge in [-0.25, -0.2) is 15.0 Å². The van der Waals surface area contributed by atoms with Crippen LogP contribution in [0.15, 0.2) is 107 Å². The second-order valence-electron chi connectivity index (χ2n) is 22.3. The highest BCUT2D eigenvalue weighted by Crippen LogP contribution is 2.44. The number of alkyl halides is 3. The molecule has 4 aromatic rings. The molecule has 0 saturated heterocycles. The number of esters is 4. The number of hydrogen-bond donors (Lipinski definition) is 2. The number of carbonyl (C=O) groups excluding carboxylic acids is 4. The van der Waals surface area contributed by atoms with Crippen molar-refractivity contribution >= 4 is 58.5 Å². The average molecular weight is 1120 g/mol. The minimum Gasteiger partial charge on any atom is -0.460 e. The molecule has 3 aromatic carbocycles. The first-order valence-electron chi connectivity index (χ1n) is 29.0. The van der Waals surface area contributed by atoms with Crippen LogP contribution < -0.4 is 20.2 Å². The molecule has 17 heteroatoms. The maximum absolute atomic E-state index is 14.0. The molecule has 0 aliphatic heterocycles. The van der Waals surface area contributed by atoms with Crippen molar-refractivity contribution in [2.75, 3.05) is 37.2 Å². The molecular formula is C64H78F3N3O11. The summed E-state index contributed by atoms with van der Waals surface area (Å²) in [4.78, 5) is 50.9. The highest BCUT2D eigenvalue weighted by molar-refractivity contribution is 5.99. The Bertz CT molecular complexity index is 2830. The van der Waals surface area contributed by atoms with E-state index in [1.807, 2.05) is 36.4 Å². The SMILES string of the molecule is C=C(C)C(=O)OCCOC1CCC(C2CCC(C(=O)Oc3ccc4cc(OC(=O)C5CCC(C6CCC(OCCOC(=O)C(=C)C(F)(F)F)CC6)CC5)ccc4c3N/C=C/c3ccc(N/N=C/c4ccc(CCC)cc4)o3)CC2)CC1. The molecule has 1 heterocycles. The Morgan fingerprint density at radius 1 is 0.667 bits per heavy atom. The maximum Gasteiger partial charge on any atom is 0.422 e. The van der Waals surface area contributed by atoms with E-state index in [1.165, 1.54) is 5.56 Å². The van der Waals surface area contributed by atoms with E-state index in [0.717, 1.165) is 132 Å². The molecule has 8 rings (SSSR count). The van der Waals surface area contributed by atoms with Crippen LogP contribution in [0, 0.1) is 35.5 Å². The zero-order chi connectivity index (χ0) is 57.3. The lowest BCUT2D eigenvalue weighted by molar-refractivity contribution is -0.153. The predicted molar refractivity (Wildman–Crippen MR) is 304 cm³/mol. The van der Waals surface area contributed by atoms with Crippen molar-refractivity contribution in [3.8, 4) is 11.5 Å². The van der Waals surface area contributed by atoms with Gasteiger partial charge in [-0.05, 0) is 193 Å². The van der Waals surface area contributed by atoms with Crippen LogP contribution in [0.25, 0.3) is 16.8 Å². The molecule has 0 bridgehead atoms. The van der Waals surface area contributed by atoms with Gasteiger partial charge in [0.15, 0.2) is 5.75 Å². The van der Waals surface area contributed by atoms with Gasteiger partial charge in [-0.1, -0.05) is 56.8 Å². The first-order valence-corrected chi connectivity index (χ1v) is 29.0. The number of carbonyl (C=O) groups is 4. The molecule has 14 nitrogen and oxygen atoms in total. The van der Waals surface area contributed by atoms with Crippen LogP contribution >= 0.6 is 0 Å². The highest BCUT2D eigenvalue weighted by atomic mass is 19.4. The van der Waals surface area contributed by atoms with Gasteiger partial charge in [0.1, 0.15) is 30.3 Å². The van der Waals surface area contributed by atoms with E-state index in [1.54, 1.807) is 43.6 Å². The summed E-state index contributed by atoms with van der Waals surface area (Å²) in [5.41, 5.74) is 4.62. The number of hydrazone groups is 1. The summed E-state index contributed by atoms with van der Waals surface area (Å²) in [6, 6.07) is 21.0. The maximum atomic E-state index is 14.0. The lowest BCUT2D eigenvalue weighted by Gasteiger charge is -2.37. The van der Waals surface area contributed by atoms with E-state index >= 15 is 0 Å². The zero-order valence-electron chi connectivity index (χ0n) is 46.7. The van der Waals surface area contributed by atoms with Crippen molar-refractivity contribution < 1.29 is 65.2 Å². The fourth-order valence-corrected chi connectivity index (χ4v) is 12.0. The highest BCUT2D eigenvalue weighted by Gasteiger charge is 2.39. The molecule has 2 N–H and O–H groups in total. The summed E-state index contributed by atoms with van der Waals surface area (Å²) < 4.78 is 78.1. The third-order valence-electron chi connectivity index (χ3n) is 16.6. The van der Waals surface area contributed by atoms with Crippen LogP contribution in [-0.4, -0.2) is 74.9 Å². The molecule has 0 amide bonds. The van der Waals surface area contributed by atoms with Gasteiger partial charge in [0.25, 0.3) is 0 Å². The number of ether oxygens (including phenoxy) is 6. The molecule has 0 atom stereocenters. The van der Waals surface area contributed by atoms with Crippen LogP contribution in [0.5, 0.6) is 11.5 Å². The van der Waals surface area contributed by atoms with Gasteiger partial charge in [-0.3, -0.25) is 9.59 Å². The molecule has 0 radical (unpaired) electrons. The molecule has 81 heavy (non-hydrogen) atoms. The fourth-order valence-electron chi connectivity index (χ4n) is 12.0. The molecule has 4 aliphatic rings. The molecule has 4 aliphatic carbocycles. The lowest BCUT2D eigenvalue weighted by atomic mass is 9.70. The number of halogens is 3. The lowest BCUT2D eigenvalue weighted by Crippen LogP contribution is -2.31. The molecule has 4 fully saturated rings. The van der Waals surface area contributed by atoms with Gasteiger partial charge in [0.05, 0.1) is 49.2 Å². The topological polar surface area (TPSA) is 173 Å². The Kier molecular flexibility index (Phi) is 21.9. The first-order chi connectivity index (χ1) is 39.1. The number of nitrogens with one attached hydrogen (secondary N) is 2. The second kappa shape index (κ2) is 29.3. The average Bonchev–Trinajstić information content (AvgIpc) is 3.97. The van der Waals surface area contributed by atoms with Crippen molar-refractivity contribution in [1.82, 2.24) is 0 Å². The van der Waals surface area contributed by atoms with Gasteiger partial charge in [0, 0.05) is 23.2 Å². The molecular weight excluding hydrogens is 1040 g/mol. The van der Waals surface area contributed by atoms with Crippen LogP contribution in [0.3, 0.4) is 0 Å². The van der Waals surface area contributed by atoms with Crippen LogP contribution in [0.4, 0.5) is 24.7 Å². The number of anilines is 2. The van der Waals surface area contributed by atoms with E-state index in [9.17, 15) is 32.3 Å². The largest absolute Gasteiger partial charge is 0.460 e. The molecule has 0 unspecified atom stereocenters. The molecule has 4 saturated carbocycles. The normalized spacial score (nSPS) is 23.4. The van der Waals surface area contributed by atoms with Crippen molar-refractivity contribution in [3.63, 3.8) is 0 Å². The van der Waals surface area contributed by atoms with Crippen molar-refractivity contribution in [2.24, 2.45) is 40.6 Å². The smallest absolute Gasteiger partial charge is 0.422 e. The summed E-state index contributed by atoms with van der Waals surface area (Å²) in [5.74, 6) is 1.05. The Hall–Kier alpha value is -6.72. The monoisotopic (exact) mass is 1120 g/mol. The number of aryl methyl sites for hydroxylation is 1. The Morgan fingerprint density at radius 3 is 1.78 bits per heavy atom. The number of fused-ring (bicyclic) bond motifs is 1. The van der Waals surface area contributed by atoms with E-state index in [2.05, 4.69) is 52.8 Å². The fraction of sp³-hybridized carbons (Fsp3) is 0.516. The van der Waals surface area contributed by atoms with Gasteiger partial charge in [-0.2, -0.15) is 18.3 Å². The van der Waals surface area contributed by atoms with E-state index in [-0.39, 0.29) is 55.8 Å². The van der Waals surface area contributed by atoms with Gasteiger partial charge >= 0.3 is 30.1 Å². The predicted octanol–water partition coefficient (Wildman–Crippen LogP) is 14.3. The minimum atomic E-state index is -4.83. The van der Waals surface area contributed by atoms with E-state index in [0.29, 0.717) is 64.7 Å². The van der Waals surface area contributed by atoms with Gasteiger partial charge in [-0.15, -0.1) is 0 Å². The number of nitrogens with zero attached hydrogens (tertiary/aromatic N) is 1. The quantitative estimate of drug-likeness (QED) is 0.0170. The third kappa shape index (κ3) is 17.6. The second-order valence-corrected chi connectivity index (χ2v) is 22.3. The van der Waals surface area contributed by atoms with Crippen molar-refractivity contribution in [2.45, 2.75) is 148 Å². The number of rotatable bonds is 24.